The standard InChI is InChI=1S/C15H17NO2/c1-10-6-7-15(8-13(17)16-14(18)9-15)12-5-3-2-4-11(10)12/h2-5,10H,6-9H2,1H3,(H,16,17,18). The van der Waals surface area contributed by atoms with Gasteiger partial charge in [0.05, 0.1) is 0 Å². The summed E-state index contributed by atoms with van der Waals surface area (Å²) in [6.45, 7) is 2.22. The van der Waals surface area contributed by atoms with Crippen LogP contribution in [-0.2, 0) is 15.0 Å². The van der Waals surface area contributed by atoms with Crippen LogP contribution < -0.4 is 5.32 Å². The molecule has 0 radical (unpaired) electrons. The number of nitrogens with one attached hydrogen (secondary N) is 1. The normalized spacial score (nSPS) is 25.7. The van der Waals surface area contributed by atoms with Crippen LogP contribution in [0.1, 0.15) is 49.7 Å². The minimum atomic E-state index is -0.248. The van der Waals surface area contributed by atoms with Crippen molar-refractivity contribution in [2.45, 2.75) is 43.9 Å². The minimum absolute atomic E-state index is 0.129. The summed E-state index contributed by atoms with van der Waals surface area (Å²) in [5, 5.41) is 2.42. The van der Waals surface area contributed by atoms with Gasteiger partial charge in [0.25, 0.3) is 0 Å². The van der Waals surface area contributed by atoms with Gasteiger partial charge in [0, 0.05) is 18.3 Å². The zero-order valence-electron chi connectivity index (χ0n) is 10.5. The van der Waals surface area contributed by atoms with E-state index < -0.39 is 0 Å². The van der Waals surface area contributed by atoms with E-state index in [1.807, 2.05) is 12.1 Å². The highest BCUT2D eigenvalue weighted by atomic mass is 16.2. The Balaban J connectivity index is 2.11. The van der Waals surface area contributed by atoms with Crippen LogP contribution in [0.4, 0.5) is 0 Å². The Morgan fingerprint density at radius 2 is 1.83 bits per heavy atom. The third-order valence-electron chi connectivity index (χ3n) is 4.40. The molecule has 1 atom stereocenters. The molecule has 1 aliphatic carbocycles. The van der Waals surface area contributed by atoms with Crippen LogP contribution in [0.3, 0.4) is 0 Å². The summed E-state index contributed by atoms with van der Waals surface area (Å²) >= 11 is 0. The van der Waals surface area contributed by atoms with Crippen molar-refractivity contribution in [3.05, 3.63) is 35.4 Å². The first-order valence-corrected chi connectivity index (χ1v) is 6.53. The Morgan fingerprint density at radius 3 is 2.56 bits per heavy atom. The Kier molecular flexibility index (Phi) is 2.51. The number of fused-ring (bicyclic) bond motifs is 2. The number of hydrogen-bond acceptors (Lipinski definition) is 2. The average molecular weight is 243 g/mol. The molecule has 1 unspecified atom stereocenters. The first-order chi connectivity index (χ1) is 8.61. The minimum Gasteiger partial charge on any atom is -0.296 e. The zero-order chi connectivity index (χ0) is 12.8. The van der Waals surface area contributed by atoms with Gasteiger partial charge >= 0.3 is 0 Å². The molecule has 2 amide bonds. The fourth-order valence-electron chi connectivity index (χ4n) is 3.48. The van der Waals surface area contributed by atoms with Crippen LogP contribution >= 0.6 is 0 Å². The molecule has 1 saturated heterocycles. The summed E-state index contributed by atoms with van der Waals surface area (Å²) in [5.41, 5.74) is 2.28. The molecular formula is C15H17NO2. The molecular weight excluding hydrogens is 226 g/mol. The zero-order valence-corrected chi connectivity index (χ0v) is 10.5. The van der Waals surface area contributed by atoms with Gasteiger partial charge in [-0.3, -0.25) is 14.9 Å². The van der Waals surface area contributed by atoms with E-state index in [1.165, 1.54) is 11.1 Å². The van der Waals surface area contributed by atoms with E-state index in [9.17, 15) is 9.59 Å². The number of amides is 2. The molecule has 1 aromatic rings. The molecule has 1 spiro atoms. The van der Waals surface area contributed by atoms with E-state index in [2.05, 4.69) is 24.4 Å². The highest BCUT2D eigenvalue weighted by Gasteiger charge is 2.44. The van der Waals surface area contributed by atoms with Crippen molar-refractivity contribution in [2.75, 3.05) is 0 Å². The predicted molar refractivity (Wildman–Crippen MR) is 68.2 cm³/mol. The lowest BCUT2D eigenvalue weighted by molar-refractivity contribution is -0.136. The quantitative estimate of drug-likeness (QED) is 0.710. The maximum atomic E-state index is 11.7. The van der Waals surface area contributed by atoms with Gasteiger partial charge in [-0.2, -0.15) is 0 Å². The second-order valence-electron chi connectivity index (χ2n) is 5.63. The molecule has 0 saturated carbocycles. The first-order valence-electron chi connectivity index (χ1n) is 6.53. The molecule has 1 aromatic carbocycles. The SMILES string of the molecule is CC1CCC2(CC(=O)NC(=O)C2)c2ccccc21. The summed E-state index contributed by atoms with van der Waals surface area (Å²) < 4.78 is 0. The third-order valence-corrected chi connectivity index (χ3v) is 4.40. The number of benzene rings is 1. The lowest BCUT2D eigenvalue weighted by Crippen LogP contribution is -2.48. The topological polar surface area (TPSA) is 46.2 Å². The number of imide groups is 1. The van der Waals surface area contributed by atoms with E-state index in [1.54, 1.807) is 0 Å². The summed E-state index contributed by atoms with van der Waals surface area (Å²) in [7, 11) is 0. The number of carbonyl (C=O) groups excluding carboxylic acids is 2. The summed E-state index contributed by atoms with van der Waals surface area (Å²) in [6, 6.07) is 8.28. The van der Waals surface area contributed by atoms with Gasteiger partial charge in [-0.1, -0.05) is 31.2 Å². The lowest BCUT2D eigenvalue weighted by Gasteiger charge is -2.42. The highest BCUT2D eigenvalue weighted by Crippen LogP contribution is 2.47. The fourth-order valence-corrected chi connectivity index (χ4v) is 3.48. The van der Waals surface area contributed by atoms with Crippen molar-refractivity contribution in [2.24, 2.45) is 0 Å². The molecule has 0 aromatic heterocycles. The Bertz CT molecular complexity index is 505. The molecule has 94 valence electrons. The van der Waals surface area contributed by atoms with Crippen molar-refractivity contribution < 1.29 is 9.59 Å². The van der Waals surface area contributed by atoms with Gasteiger partial charge < -0.3 is 0 Å². The molecule has 3 rings (SSSR count). The maximum absolute atomic E-state index is 11.7. The number of hydrogen-bond donors (Lipinski definition) is 1. The first kappa shape index (κ1) is 11.5. The lowest BCUT2D eigenvalue weighted by atomic mass is 9.62. The second-order valence-corrected chi connectivity index (χ2v) is 5.63. The monoisotopic (exact) mass is 243 g/mol. The van der Waals surface area contributed by atoms with Gasteiger partial charge in [0.2, 0.25) is 11.8 Å². The van der Waals surface area contributed by atoms with Crippen LogP contribution in [0.15, 0.2) is 24.3 Å². The smallest absolute Gasteiger partial charge is 0.227 e. The number of rotatable bonds is 0. The Morgan fingerprint density at radius 1 is 1.17 bits per heavy atom. The van der Waals surface area contributed by atoms with Gasteiger partial charge in [-0.05, 0) is 29.9 Å². The maximum Gasteiger partial charge on any atom is 0.227 e. The van der Waals surface area contributed by atoms with Crippen molar-refractivity contribution in [1.82, 2.24) is 5.32 Å². The van der Waals surface area contributed by atoms with Gasteiger partial charge in [0.1, 0.15) is 0 Å². The van der Waals surface area contributed by atoms with Gasteiger partial charge in [-0.15, -0.1) is 0 Å². The van der Waals surface area contributed by atoms with Crippen LogP contribution in [0.2, 0.25) is 0 Å². The van der Waals surface area contributed by atoms with Crippen molar-refractivity contribution >= 4 is 11.8 Å². The average Bonchev–Trinajstić information content (AvgIpc) is 2.34. The third kappa shape index (κ3) is 1.65. The predicted octanol–water partition coefficient (Wildman–Crippen LogP) is 2.26. The van der Waals surface area contributed by atoms with Crippen LogP contribution in [0, 0.1) is 0 Å². The Hall–Kier alpha value is -1.64. The van der Waals surface area contributed by atoms with Crippen molar-refractivity contribution in [1.29, 1.82) is 0 Å². The molecule has 1 N–H and O–H groups in total. The van der Waals surface area contributed by atoms with E-state index >= 15 is 0 Å². The molecule has 2 aliphatic rings. The van der Waals surface area contributed by atoms with Crippen molar-refractivity contribution in [3.63, 3.8) is 0 Å². The molecule has 0 bridgehead atoms. The molecule has 18 heavy (non-hydrogen) atoms. The summed E-state index contributed by atoms with van der Waals surface area (Å²) in [6.07, 6.45) is 2.88. The van der Waals surface area contributed by atoms with E-state index in [0.717, 1.165) is 12.8 Å². The van der Waals surface area contributed by atoms with Crippen LogP contribution in [-0.4, -0.2) is 11.8 Å². The molecule has 3 nitrogen and oxygen atoms in total. The Labute approximate surface area is 107 Å². The molecule has 3 heteroatoms. The van der Waals surface area contributed by atoms with E-state index in [-0.39, 0.29) is 17.2 Å². The largest absolute Gasteiger partial charge is 0.296 e. The van der Waals surface area contributed by atoms with Crippen LogP contribution in [0.5, 0.6) is 0 Å². The molecule has 1 fully saturated rings. The molecule has 1 aliphatic heterocycles. The number of piperidine rings is 1. The van der Waals surface area contributed by atoms with E-state index in [0.29, 0.717) is 18.8 Å². The van der Waals surface area contributed by atoms with Crippen LogP contribution in [0.25, 0.3) is 0 Å². The summed E-state index contributed by atoms with van der Waals surface area (Å²) in [5.74, 6) is 0.262. The van der Waals surface area contributed by atoms with Gasteiger partial charge in [-0.25, -0.2) is 0 Å². The second kappa shape index (κ2) is 3.94. The number of carbonyl (C=O) groups is 2. The van der Waals surface area contributed by atoms with Crippen molar-refractivity contribution in [3.8, 4) is 0 Å². The summed E-state index contributed by atoms with van der Waals surface area (Å²) in [4.78, 5) is 23.4. The fraction of sp³-hybridized carbons (Fsp3) is 0.467. The molecule has 1 heterocycles. The van der Waals surface area contributed by atoms with E-state index in [4.69, 9.17) is 0 Å². The van der Waals surface area contributed by atoms with Gasteiger partial charge in [0.15, 0.2) is 0 Å². The highest BCUT2D eigenvalue weighted by molar-refractivity contribution is 5.99.